The quantitative estimate of drug-likeness (QED) is 0.718. The van der Waals surface area contributed by atoms with E-state index < -0.39 is 0 Å². The molecule has 0 spiro atoms. The minimum Gasteiger partial charge on any atom is -0.383 e. The standard InChI is InChI=1S/C25H31FN4O2/c26-19-8-5-17(6-9-19)7-12-23(31)30-15-13-18(14-16-30)22-11-10-21(24(27)29-22)25(32)28-20-3-1-2-4-20/h5-6,8-11,18,20H,1-4,7,12-16H2,(H2,27,29)(H,28,32). The number of nitrogens with one attached hydrogen (secondary N) is 1. The van der Waals surface area contributed by atoms with E-state index in [0.29, 0.717) is 31.5 Å². The predicted octanol–water partition coefficient (Wildman–Crippen LogP) is 3.81. The van der Waals surface area contributed by atoms with E-state index in [2.05, 4.69) is 10.3 Å². The van der Waals surface area contributed by atoms with E-state index in [-0.39, 0.29) is 35.4 Å². The Morgan fingerprint density at radius 3 is 2.38 bits per heavy atom. The molecule has 2 amide bonds. The van der Waals surface area contributed by atoms with Gasteiger partial charge >= 0.3 is 0 Å². The number of halogens is 1. The molecule has 1 aromatic heterocycles. The lowest BCUT2D eigenvalue weighted by atomic mass is 9.92. The van der Waals surface area contributed by atoms with Crippen LogP contribution in [-0.2, 0) is 11.2 Å². The van der Waals surface area contributed by atoms with Crippen molar-refractivity contribution in [2.75, 3.05) is 18.8 Å². The van der Waals surface area contributed by atoms with Gasteiger partial charge in [-0.25, -0.2) is 9.37 Å². The van der Waals surface area contributed by atoms with Crippen LogP contribution in [0.1, 0.15) is 72.5 Å². The molecule has 2 aromatic rings. The molecule has 1 saturated carbocycles. The summed E-state index contributed by atoms with van der Waals surface area (Å²) in [5.74, 6) is 0.217. The fraction of sp³-hybridized carbons (Fsp3) is 0.480. The highest BCUT2D eigenvalue weighted by atomic mass is 19.1. The van der Waals surface area contributed by atoms with Crippen molar-refractivity contribution in [3.63, 3.8) is 0 Å². The summed E-state index contributed by atoms with van der Waals surface area (Å²) in [7, 11) is 0. The smallest absolute Gasteiger partial charge is 0.255 e. The number of carbonyl (C=O) groups excluding carboxylic acids is 2. The van der Waals surface area contributed by atoms with Gasteiger partial charge in [-0.15, -0.1) is 0 Å². The Labute approximate surface area is 188 Å². The van der Waals surface area contributed by atoms with Crippen molar-refractivity contribution < 1.29 is 14.0 Å². The first-order valence-corrected chi connectivity index (χ1v) is 11.6. The number of hydrogen-bond donors (Lipinski definition) is 2. The summed E-state index contributed by atoms with van der Waals surface area (Å²) >= 11 is 0. The summed E-state index contributed by atoms with van der Waals surface area (Å²) in [6, 6.07) is 10.2. The maximum atomic E-state index is 13.0. The summed E-state index contributed by atoms with van der Waals surface area (Å²) in [4.78, 5) is 31.5. The molecule has 0 bridgehead atoms. The zero-order valence-corrected chi connectivity index (χ0v) is 18.4. The Morgan fingerprint density at radius 1 is 1.03 bits per heavy atom. The van der Waals surface area contributed by atoms with E-state index in [1.54, 1.807) is 18.2 Å². The number of rotatable bonds is 6. The van der Waals surface area contributed by atoms with Crippen LogP contribution in [0.3, 0.4) is 0 Å². The molecule has 2 aliphatic rings. The van der Waals surface area contributed by atoms with Gasteiger partial charge in [0.25, 0.3) is 5.91 Å². The summed E-state index contributed by atoms with van der Waals surface area (Å²) in [5.41, 5.74) is 8.41. The SMILES string of the molecule is Nc1nc(C2CCN(C(=O)CCc3ccc(F)cc3)CC2)ccc1C(=O)NC1CCCC1. The molecular weight excluding hydrogens is 407 g/mol. The summed E-state index contributed by atoms with van der Waals surface area (Å²) in [5, 5.41) is 3.06. The fourth-order valence-corrected chi connectivity index (χ4v) is 4.73. The molecule has 1 aromatic carbocycles. The molecular formula is C25H31FN4O2. The topological polar surface area (TPSA) is 88.3 Å². The number of anilines is 1. The van der Waals surface area contributed by atoms with E-state index in [9.17, 15) is 14.0 Å². The van der Waals surface area contributed by atoms with E-state index in [0.717, 1.165) is 49.8 Å². The first-order valence-electron chi connectivity index (χ1n) is 11.6. The Morgan fingerprint density at radius 2 is 1.72 bits per heavy atom. The monoisotopic (exact) mass is 438 g/mol. The third-order valence-electron chi connectivity index (χ3n) is 6.69. The normalized spacial score (nSPS) is 17.5. The molecule has 6 nitrogen and oxygen atoms in total. The average Bonchev–Trinajstić information content (AvgIpc) is 3.31. The lowest BCUT2D eigenvalue weighted by molar-refractivity contribution is -0.132. The van der Waals surface area contributed by atoms with Crippen molar-refractivity contribution in [1.82, 2.24) is 15.2 Å². The Balaban J connectivity index is 1.27. The molecule has 2 fully saturated rings. The highest BCUT2D eigenvalue weighted by Crippen LogP contribution is 2.28. The third kappa shape index (κ3) is 5.44. The molecule has 0 unspecified atom stereocenters. The van der Waals surface area contributed by atoms with Gasteiger partial charge in [-0.05, 0) is 61.9 Å². The van der Waals surface area contributed by atoms with Gasteiger partial charge in [0.1, 0.15) is 11.6 Å². The van der Waals surface area contributed by atoms with Crippen LogP contribution in [0.2, 0.25) is 0 Å². The predicted molar refractivity (Wildman–Crippen MR) is 122 cm³/mol. The molecule has 0 atom stereocenters. The molecule has 170 valence electrons. The molecule has 32 heavy (non-hydrogen) atoms. The van der Waals surface area contributed by atoms with Crippen molar-refractivity contribution in [3.8, 4) is 0 Å². The second kappa shape index (κ2) is 10.1. The van der Waals surface area contributed by atoms with Crippen LogP contribution in [0, 0.1) is 5.82 Å². The molecule has 2 heterocycles. The first kappa shape index (κ1) is 22.2. The number of nitrogens with two attached hydrogens (primary N) is 1. The van der Waals surface area contributed by atoms with Crippen LogP contribution >= 0.6 is 0 Å². The summed E-state index contributed by atoms with van der Waals surface area (Å²) in [6.07, 6.45) is 7.05. The Kier molecular flexibility index (Phi) is 7.02. The second-order valence-electron chi connectivity index (χ2n) is 8.91. The Hall–Kier alpha value is -2.96. The zero-order chi connectivity index (χ0) is 22.5. The van der Waals surface area contributed by atoms with Gasteiger partial charge in [-0.1, -0.05) is 25.0 Å². The van der Waals surface area contributed by atoms with Crippen molar-refractivity contribution in [3.05, 3.63) is 59.0 Å². The number of aryl methyl sites for hydroxylation is 1. The van der Waals surface area contributed by atoms with Gasteiger partial charge in [0, 0.05) is 37.2 Å². The van der Waals surface area contributed by atoms with Gasteiger partial charge in [0.15, 0.2) is 0 Å². The van der Waals surface area contributed by atoms with Crippen LogP contribution in [0.5, 0.6) is 0 Å². The minimum atomic E-state index is -0.265. The fourth-order valence-electron chi connectivity index (χ4n) is 4.73. The number of carbonyl (C=O) groups is 2. The van der Waals surface area contributed by atoms with E-state index >= 15 is 0 Å². The third-order valence-corrected chi connectivity index (χ3v) is 6.69. The largest absolute Gasteiger partial charge is 0.383 e. The van der Waals surface area contributed by atoms with E-state index in [1.165, 1.54) is 12.1 Å². The minimum absolute atomic E-state index is 0.124. The highest BCUT2D eigenvalue weighted by Gasteiger charge is 2.26. The second-order valence-corrected chi connectivity index (χ2v) is 8.91. The molecule has 0 radical (unpaired) electrons. The van der Waals surface area contributed by atoms with Gasteiger partial charge < -0.3 is 16.0 Å². The van der Waals surface area contributed by atoms with E-state index in [4.69, 9.17) is 5.73 Å². The van der Waals surface area contributed by atoms with Crippen molar-refractivity contribution in [2.24, 2.45) is 0 Å². The number of piperidine rings is 1. The number of likely N-dealkylation sites (tertiary alicyclic amines) is 1. The number of nitrogens with zero attached hydrogens (tertiary/aromatic N) is 2. The van der Waals surface area contributed by atoms with Crippen molar-refractivity contribution in [1.29, 1.82) is 0 Å². The number of nitrogen functional groups attached to an aromatic ring is 1. The summed E-state index contributed by atoms with van der Waals surface area (Å²) < 4.78 is 13.0. The number of pyridine rings is 1. The number of amides is 2. The lowest BCUT2D eigenvalue weighted by Gasteiger charge is -2.32. The van der Waals surface area contributed by atoms with Gasteiger partial charge in [0.05, 0.1) is 5.56 Å². The molecule has 1 aliphatic carbocycles. The molecule has 4 rings (SSSR count). The van der Waals surface area contributed by atoms with Crippen LogP contribution in [-0.4, -0.2) is 40.8 Å². The Bertz CT molecular complexity index is 949. The van der Waals surface area contributed by atoms with Crippen LogP contribution in [0.25, 0.3) is 0 Å². The molecule has 1 saturated heterocycles. The molecule has 1 aliphatic heterocycles. The van der Waals surface area contributed by atoms with Gasteiger partial charge in [0.2, 0.25) is 5.91 Å². The van der Waals surface area contributed by atoms with Crippen molar-refractivity contribution >= 4 is 17.6 Å². The number of aromatic nitrogens is 1. The number of hydrogen-bond acceptors (Lipinski definition) is 4. The maximum Gasteiger partial charge on any atom is 0.255 e. The van der Waals surface area contributed by atoms with Gasteiger partial charge in [-0.3, -0.25) is 9.59 Å². The zero-order valence-electron chi connectivity index (χ0n) is 18.4. The maximum absolute atomic E-state index is 13.0. The van der Waals surface area contributed by atoms with Gasteiger partial charge in [-0.2, -0.15) is 0 Å². The average molecular weight is 439 g/mol. The van der Waals surface area contributed by atoms with Crippen molar-refractivity contribution in [2.45, 2.75) is 63.3 Å². The van der Waals surface area contributed by atoms with Crippen LogP contribution in [0.4, 0.5) is 10.2 Å². The van der Waals surface area contributed by atoms with Crippen LogP contribution in [0.15, 0.2) is 36.4 Å². The highest BCUT2D eigenvalue weighted by molar-refractivity contribution is 5.98. The lowest BCUT2D eigenvalue weighted by Crippen LogP contribution is -2.38. The first-order chi connectivity index (χ1) is 15.5. The number of benzene rings is 1. The summed E-state index contributed by atoms with van der Waals surface area (Å²) in [6.45, 7) is 1.36. The molecule has 3 N–H and O–H groups in total. The molecule has 7 heteroatoms. The van der Waals surface area contributed by atoms with Crippen LogP contribution < -0.4 is 11.1 Å². The van der Waals surface area contributed by atoms with E-state index in [1.807, 2.05) is 11.0 Å².